The van der Waals surface area contributed by atoms with Crippen molar-refractivity contribution >= 4 is 39.7 Å². The highest BCUT2D eigenvalue weighted by Gasteiger charge is 2.33. The van der Waals surface area contributed by atoms with E-state index in [4.69, 9.17) is 0 Å². The Bertz CT molecular complexity index is 1060. The molecule has 1 atom stereocenters. The molecule has 0 spiro atoms. The molecule has 0 unspecified atom stereocenters. The van der Waals surface area contributed by atoms with Gasteiger partial charge in [0.25, 0.3) is 0 Å². The largest absolute Gasteiger partial charge is 0.419 e. The summed E-state index contributed by atoms with van der Waals surface area (Å²) in [4.78, 5) is 31.8. The lowest BCUT2D eigenvalue weighted by atomic mass is 10.1. The predicted molar refractivity (Wildman–Crippen MR) is 109 cm³/mol. The molecule has 1 N–H and O–H groups in total. The maximum absolute atomic E-state index is 12.7. The molecule has 30 heavy (non-hydrogen) atoms. The van der Waals surface area contributed by atoms with E-state index in [1.807, 2.05) is 19.2 Å². The molecule has 4 rings (SSSR count). The number of hydrogen-bond donors (Lipinski definition) is 1. The minimum atomic E-state index is -4.48. The van der Waals surface area contributed by atoms with Gasteiger partial charge < -0.3 is 10.2 Å². The molecule has 12 heteroatoms. The summed E-state index contributed by atoms with van der Waals surface area (Å²) in [5, 5.41) is 6.18. The minimum Gasteiger partial charge on any atom is -0.340 e. The number of thiazole rings is 2. The maximum Gasteiger partial charge on any atom is 0.419 e. The van der Waals surface area contributed by atoms with E-state index in [-0.39, 0.29) is 17.8 Å². The van der Waals surface area contributed by atoms with Crippen LogP contribution in [0.25, 0.3) is 10.6 Å². The van der Waals surface area contributed by atoms with E-state index in [1.165, 1.54) is 11.3 Å². The van der Waals surface area contributed by atoms with Crippen LogP contribution in [0.1, 0.15) is 22.7 Å². The summed E-state index contributed by atoms with van der Waals surface area (Å²) in [5.41, 5.74) is 0.791. The lowest BCUT2D eigenvalue weighted by Crippen LogP contribution is -2.28. The number of hydrogen-bond acceptors (Lipinski definition) is 8. The Kier molecular flexibility index (Phi) is 5.45. The van der Waals surface area contributed by atoms with Crippen LogP contribution in [0.4, 0.5) is 24.3 Å². The van der Waals surface area contributed by atoms with Crippen LogP contribution < -0.4 is 10.2 Å². The molecular formula is C18H17F3N6OS2. The molecule has 1 saturated heterocycles. The van der Waals surface area contributed by atoms with Gasteiger partial charge in [0.2, 0.25) is 11.9 Å². The quantitative estimate of drug-likeness (QED) is 0.638. The lowest BCUT2D eigenvalue weighted by Gasteiger charge is -2.16. The molecule has 0 aliphatic carbocycles. The summed E-state index contributed by atoms with van der Waals surface area (Å²) < 4.78 is 38.0. The van der Waals surface area contributed by atoms with E-state index in [2.05, 4.69) is 25.3 Å². The van der Waals surface area contributed by atoms with E-state index in [0.717, 1.165) is 33.7 Å². The van der Waals surface area contributed by atoms with Crippen LogP contribution in [0.5, 0.6) is 0 Å². The average molecular weight is 455 g/mol. The molecule has 7 nitrogen and oxygen atoms in total. The van der Waals surface area contributed by atoms with Crippen molar-refractivity contribution < 1.29 is 18.0 Å². The average Bonchev–Trinajstić information content (AvgIpc) is 3.41. The zero-order valence-corrected chi connectivity index (χ0v) is 17.7. The highest BCUT2D eigenvalue weighted by molar-refractivity contribution is 7.16. The Hall–Kier alpha value is -2.60. The van der Waals surface area contributed by atoms with Crippen LogP contribution in [0.15, 0.2) is 17.8 Å². The fraction of sp³-hybridized carbons (Fsp3) is 0.389. The summed E-state index contributed by atoms with van der Waals surface area (Å²) in [7, 11) is 0. The van der Waals surface area contributed by atoms with E-state index in [1.54, 1.807) is 16.2 Å². The van der Waals surface area contributed by atoms with E-state index in [0.29, 0.717) is 24.6 Å². The van der Waals surface area contributed by atoms with Crippen molar-refractivity contribution in [3.63, 3.8) is 0 Å². The molecule has 0 radical (unpaired) electrons. The van der Waals surface area contributed by atoms with E-state index < -0.39 is 11.7 Å². The van der Waals surface area contributed by atoms with Gasteiger partial charge in [-0.2, -0.15) is 13.2 Å². The molecule has 0 aromatic carbocycles. The number of carbonyl (C=O) groups is 1. The monoisotopic (exact) mass is 454 g/mol. The fourth-order valence-corrected chi connectivity index (χ4v) is 4.86. The Morgan fingerprint density at radius 2 is 1.97 bits per heavy atom. The van der Waals surface area contributed by atoms with Gasteiger partial charge in [0, 0.05) is 30.9 Å². The Morgan fingerprint density at radius 3 is 2.60 bits per heavy atom. The van der Waals surface area contributed by atoms with Gasteiger partial charge in [0.1, 0.15) is 0 Å². The predicted octanol–water partition coefficient (Wildman–Crippen LogP) is 4.16. The highest BCUT2D eigenvalue weighted by atomic mass is 32.1. The third kappa shape index (κ3) is 4.29. The van der Waals surface area contributed by atoms with Crippen LogP contribution in [-0.2, 0) is 11.0 Å². The number of anilines is 2. The normalized spacial score (nSPS) is 16.8. The number of aryl methyl sites for hydroxylation is 2. The first-order valence-electron chi connectivity index (χ1n) is 9.05. The van der Waals surface area contributed by atoms with Crippen molar-refractivity contribution in [3.05, 3.63) is 34.0 Å². The minimum absolute atomic E-state index is 0.178. The first-order chi connectivity index (χ1) is 14.2. The number of amides is 1. The number of halogens is 3. The second kappa shape index (κ2) is 7.91. The number of nitrogens with one attached hydrogen (secondary N) is 1. The van der Waals surface area contributed by atoms with Crippen molar-refractivity contribution in [1.29, 1.82) is 0 Å². The Labute approximate surface area is 178 Å². The van der Waals surface area contributed by atoms with Gasteiger partial charge in [0.05, 0.1) is 32.8 Å². The second-order valence-corrected chi connectivity index (χ2v) is 8.94. The van der Waals surface area contributed by atoms with Crippen molar-refractivity contribution in [2.75, 3.05) is 23.3 Å². The number of nitrogens with zero attached hydrogens (tertiary/aromatic N) is 5. The number of carbonyl (C=O) groups excluding carboxylic acids is 1. The number of alkyl halides is 3. The first-order valence-corrected chi connectivity index (χ1v) is 10.8. The Balaban J connectivity index is 1.38. The lowest BCUT2D eigenvalue weighted by molar-refractivity contribution is -0.138. The topological polar surface area (TPSA) is 83.9 Å². The fourth-order valence-electron chi connectivity index (χ4n) is 3.20. The molecule has 3 aromatic rings. The van der Waals surface area contributed by atoms with Crippen LogP contribution in [0.2, 0.25) is 0 Å². The van der Waals surface area contributed by atoms with Gasteiger partial charge in [-0.25, -0.2) is 19.9 Å². The van der Waals surface area contributed by atoms with Gasteiger partial charge in [-0.05, 0) is 20.3 Å². The third-order valence-corrected chi connectivity index (χ3v) is 6.53. The molecule has 1 amide bonds. The van der Waals surface area contributed by atoms with Crippen molar-refractivity contribution in [2.24, 2.45) is 5.92 Å². The van der Waals surface area contributed by atoms with Crippen LogP contribution in [0, 0.1) is 19.8 Å². The molecule has 1 fully saturated rings. The molecule has 4 heterocycles. The van der Waals surface area contributed by atoms with E-state index in [9.17, 15) is 18.0 Å². The summed E-state index contributed by atoms with van der Waals surface area (Å²) in [6, 6.07) is 0. The molecular weight excluding hydrogens is 437 g/mol. The first kappa shape index (κ1) is 20.7. The van der Waals surface area contributed by atoms with Crippen LogP contribution >= 0.6 is 22.7 Å². The second-order valence-electron chi connectivity index (χ2n) is 6.88. The van der Waals surface area contributed by atoms with Gasteiger partial charge in [0.15, 0.2) is 5.13 Å². The zero-order chi connectivity index (χ0) is 21.5. The van der Waals surface area contributed by atoms with Gasteiger partial charge in [-0.3, -0.25) is 4.79 Å². The van der Waals surface area contributed by atoms with Crippen LogP contribution in [0.3, 0.4) is 0 Å². The number of aromatic nitrogens is 4. The molecule has 0 bridgehead atoms. The zero-order valence-electron chi connectivity index (χ0n) is 16.0. The van der Waals surface area contributed by atoms with Crippen molar-refractivity contribution in [3.8, 4) is 10.6 Å². The molecule has 0 saturated carbocycles. The van der Waals surface area contributed by atoms with Gasteiger partial charge in [-0.1, -0.05) is 0 Å². The van der Waals surface area contributed by atoms with Gasteiger partial charge >= 0.3 is 6.18 Å². The highest BCUT2D eigenvalue weighted by Crippen LogP contribution is 2.33. The smallest absolute Gasteiger partial charge is 0.340 e. The molecule has 3 aromatic heterocycles. The van der Waals surface area contributed by atoms with Crippen molar-refractivity contribution in [2.45, 2.75) is 26.4 Å². The van der Waals surface area contributed by atoms with Crippen LogP contribution in [-0.4, -0.2) is 38.9 Å². The number of rotatable bonds is 4. The van der Waals surface area contributed by atoms with Gasteiger partial charge in [-0.15, -0.1) is 22.7 Å². The molecule has 1 aliphatic rings. The third-order valence-electron chi connectivity index (χ3n) is 4.68. The summed E-state index contributed by atoms with van der Waals surface area (Å²) in [6.07, 6.45) is -2.40. The summed E-state index contributed by atoms with van der Waals surface area (Å²) in [6.45, 7) is 4.68. The van der Waals surface area contributed by atoms with Crippen molar-refractivity contribution in [1.82, 2.24) is 19.9 Å². The maximum atomic E-state index is 12.7. The summed E-state index contributed by atoms with van der Waals surface area (Å²) >= 11 is 2.90. The standard InChI is InChI=1S/C18H17F3N6OS2/c1-9-14(30-10(2)24-9)13-8-29-17(25-13)26-15(28)11-3-4-27(7-11)16-22-5-12(6-23-16)18(19,20)21/h5-6,8,11H,3-4,7H2,1-2H3,(H,25,26,28)/t11-/m1/s1. The Morgan fingerprint density at radius 1 is 1.23 bits per heavy atom. The SMILES string of the molecule is Cc1nc(C)c(-c2csc(NC(=O)[C@@H]3CCN(c4ncc(C(F)(F)F)cn4)C3)n2)s1. The molecule has 1 aliphatic heterocycles. The van der Waals surface area contributed by atoms with E-state index >= 15 is 0 Å². The molecule has 158 valence electrons. The summed E-state index contributed by atoms with van der Waals surface area (Å²) in [5.74, 6) is -0.316.